The first-order chi connectivity index (χ1) is 7.76. The standard InChI is InChI=1S/C15H23N/c1-4-6-8-11-14(3)15(5-2)12-9-7-10-13-16/h7,9-10,12H,4-6,8,11H2,1-3H3/b10-7+,12-9+,15-14+. The van der Waals surface area contributed by atoms with E-state index >= 15 is 0 Å². The van der Waals surface area contributed by atoms with Crippen LogP contribution in [0.4, 0.5) is 0 Å². The summed E-state index contributed by atoms with van der Waals surface area (Å²) < 4.78 is 0. The molecule has 0 spiro atoms. The van der Waals surface area contributed by atoms with Gasteiger partial charge in [-0.25, -0.2) is 0 Å². The van der Waals surface area contributed by atoms with Gasteiger partial charge in [0.15, 0.2) is 0 Å². The van der Waals surface area contributed by atoms with Crippen LogP contribution in [0.25, 0.3) is 0 Å². The molecule has 16 heavy (non-hydrogen) atoms. The molecule has 0 saturated heterocycles. The Morgan fingerprint density at radius 2 is 1.94 bits per heavy atom. The minimum Gasteiger partial charge on any atom is -0.193 e. The topological polar surface area (TPSA) is 23.8 Å². The van der Waals surface area contributed by atoms with E-state index in [9.17, 15) is 0 Å². The molecule has 0 aliphatic carbocycles. The van der Waals surface area contributed by atoms with E-state index < -0.39 is 0 Å². The lowest BCUT2D eigenvalue weighted by atomic mass is 10.0. The van der Waals surface area contributed by atoms with Gasteiger partial charge in [-0.05, 0) is 31.8 Å². The highest BCUT2D eigenvalue weighted by atomic mass is 14.2. The maximum Gasteiger partial charge on any atom is 0.0912 e. The highest BCUT2D eigenvalue weighted by Crippen LogP contribution is 2.16. The summed E-state index contributed by atoms with van der Waals surface area (Å²) in [5, 5.41) is 8.36. The summed E-state index contributed by atoms with van der Waals surface area (Å²) in [7, 11) is 0. The molecular formula is C15H23N. The van der Waals surface area contributed by atoms with Crippen LogP contribution < -0.4 is 0 Å². The fourth-order valence-corrected chi connectivity index (χ4v) is 1.63. The van der Waals surface area contributed by atoms with Gasteiger partial charge in [-0.3, -0.25) is 0 Å². The number of nitriles is 1. The van der Waals surface area contributed by atoms with E-state index in [1.165, 1.54) is 42.9 Å². The molecule has 0 amide bonds. The Morgan fingerprint density at radius 1 is 1.19 bits per heavy atom. The number of nitrogens with zero attached hydrogens (tertiary/aromatic N) is 1. The molecule has 0 aliphatic heterocycles. The van der Waals surface area contributed by atoms with Crippen molar-refractivity contribution in [2.45, 2.75) is 52.9 Å². The van der Waals surface area contributed by atoms with Crippen molar-refractivity contribution in [3.8, 4) is 6.07 Å². The maximum atomic E-state index is 8.36. The van der Waals surface area contributed by atoms with Crippen molar-refractivity contribution in [2.24, 2.45) is 0 Å². The van der Waals surface area contributed by atoms with Gasteiger partial charge < -0.3 is 0 Å². The molecule has 0 bridgehead atoms. The normalized spacial score (nSPS) is 13.1. The molecule has 0 aromatic carbocycles. The quantitative estimate of drug-likeness (QED) is 0.337. The fraction of sp³-hybridized carbons (Fsp3) is 0.533. The van der Waals surface area contributed by atoms with Crippen LogP contribution in [0.3, 0.4) is 0 Å². The van der Waals surface area contributed by atoms with E-state index in [4.69, 9.17) is 5.26 Å². The minimum absolute atomic E-state index is 1.06. The number of allylic oxidation sites excluding steroid dienone is 6. The van der Waals surface area contributed by atoms with Gasteiger partial charge in [-0.15, -0.1) is 0 Å². The summed E-state index contributed by atoms with van der Waals surface area (Å²) in [6.45, 7) is 6.62. The summed E-state index contributed by atoms with van der Waals surface area (Å²) in [6.07, 6.45) is 13.5. The molecular weight excluding hydrogens is 194 g/mol. The first-order valence-corrected chi connectivity index (χ1v) is 6.17. The third-order valence-corrected chi connectivity index (χ3v) is 2.66. The SMILES string of the molecule is CCCCC/C(C)=C(/C=C/C=C/C#N)CC. The Kier molecular flexibility index (Phi) is 9.41. The lowest BCUT2D eigenvalue weighted by Crippen LogP contribution is -1.85. The lowest BCUT2D eigenvalue weighted by Gasteiger charge is -2.05. The van der Waals surface area contributed by atoms with E-state index in [0.717, 1.165) is 6.42 Å². The molecule has 0 heterocycles. The molecule has 88 valence electrons. The van der Waals surface area contributed by atoms with Crippen molar-refractivity contribution in [1.29, 1.82) is 5.26 Å². The van der Waals surface area contributed by atoms with Gasteiger partial charge in [-0.2, -0.15) is 5.26 Å². The van der Waals surface area contributed by atoms with Crippen molar-refractivity contribution < 1.29 is 0 Å². The third kappa shape index (κ3) is 7.06. The predicted molar refractivity (Wildman–Crippen MR) is 71.0 cm³/mol. The van der Waals surface area contributed by atoms with Crippen LogP contribution in [0.2, 0.25) is 0 Å². The summed E-state index contributed by atoms with van der Waals surface area (Å²) in [4.78, 5) is 0. The number of rotatable bonds is 7. The Hall–Kier alpha value is -1.29. The molecule has 1 nitrogen and oxygen atoms in total. The van der Waals surface area contributed by atoms with Gasteiger partial charge in [0.2, 0.25) is 0 Å². The first kappa shape index (κ1) is 14.7. The second-order valence-corrected chi connectivity index (χ2v) is 3.96. The Balaban J connectivity index is 4.32. The van der Waals surface area contributed by atoms with E-state index in [2.05, 4.69) is 26.8 Å². The van der Waals surface area contributed by atoms with Crippen molar-refractivity contribution in [3.05, 3.63) is 35.5 Å². The second kappa shape index (κ2) is 10.2. The van der Waals surface area contributed by atoms with E-state index in [-0.39, 0.29) is 0 Å². The van der Waals surface area contributed by atoms with Crippen LogP contribution in [0.15, 0.2) is 35.5 Å². The molecule has 0 radical (unpaired) electrons. The van der Waals surface area contributed by atoms with Gasteiger partial charge in [0.05, 0.1) is 6.07 Å². The summed E-state index contributed by atoms with van der Waals surface area (Å²) >= 11 is 0. The molecule has 0 saturated carbocycles. The largest absolute Gasteiger partial charge is 0.193 e. The van der Waals surface area contributed by atoms with Crippen LogP contribution in [0.5, 0.6) is 0 Å². The van der Waals surface area contributed by atoms with Crippen molar-refractivity contribution in [2.75, 3.05) is 0 Å². The van der Waals surface area contributed by atoms with Gasteiger partial charge in [0.1, 0.15) is 0 Å². The molecule has 0 aromatic heterocycles. The summed E-state index contributed by atoms with van der Waals surface area (Å²) in [5.74, 6) is 0. The zero-order valence-electron chi connectivity index (χ0n) is 10.8. The van der Waals surface area contributed by atoms with Crippen LogP contribution in [0, 0.1) is 11.3 Å². The molecule has 0 unspecified atom stereocenters. The smallest absolute Gasteiger partial charge is 0.0912 e. The Morgan fingerprint density at radius 3 is 2.50 bits per heavy atom. The molecule has 0 aliphatic rings. The highest BCUT2D eigenvalue weighted by molar-refractivity contribution is 5.27. The fourth-order valence-electron chi connectivity index (χ4n) is 1.63. The summed E-state index contributed by atoms with van der Waals surface area (Å²) in [6, 6.07) is 1.98. The molecule has 0 N–H and O–H groups in total. The molecule has 0 fully saturated rings. The van der Waals surface area contributed by atoms with Crippen molar-refractivity contribution >= 4 is 0 Å². The third-order valence-electron chi connectivity index (χ3n) is 2.66. The first-order valence-electron chi connectivity index (χ1n) is 6.17. The van der Waals surface area contributed by atoms with Crippen LogP contribution in [-0.2, 0) is 0 Å². The molecule has 0 rings (SSSR count). The van der Waals surface area contributed by atoms with Crippen molar-refractivity contribution in [1.82, 2.24) is 0 Å². The van der Waals surface area contributed by atoms with Crippen LogP contribution in [-0.4, -0.2) is 0 Å². The van der Waals surface area contributed by atoms with Crippen molar-refractivity contribution in [3.63, 3.8) is 0 Å². The number of hydrogen-bond acceptors (Lipinski definition) is 1. The van der Waals surface area contributed by atoms with Crippen LogP contribution >= 0.6 is 0 Å². The predicted octanol–water partition coefficient (Wildman–Crippen LogP) is 4.93. The summed E-state index contributed by atoms with van der Waals surface area (Å²) in [5.41, 5.74) is 2.89. The monoisotopic (exact) mass is 217 g/mol. The van der Waals surface area contributed by atoms with E-state index in [1.807, 2.05) is 12.1 Å². The van der Waals surface area contributed by atoms with Gasteiger partial charge in [0.25, 0.3) is 0 Å². The Bertz CT molecular complexity index is 300. The molecule has 0 atom stereocenters. The minimum atomic E-state index is 1.06. The molecule has 1 heteroatoms. The van der Waals surface area contributed by atoms with Gasteiger partial charge >= 0.3 is 0 Å². The van der Waals surface area contributed by atoms with Gasteiger partial charge in [-0.1, -0.05) is 50.5 Å². The highest BCUT2D eigenvalue weighted by Gasteiger charge is 1.96. The lowest BCUT2D eigenvalue weighted by molar-refractivity contribution is 0.709. The van der Waals surface area contributed by atoms with E-state index in [1.54, 1.807) is 6.08 Å². The van der Waals surface area contributed by atoms with Gasteiger partial charge in [0, 0.05) is 6.08 Å². The molecule has 0 aromatic rings. The average Bonchev–Trinajstić information content (AvgIpc) is 2.29. The number of hydrogen-bond donors (Lipinski definition) is 0. The maximum absolute atomic E-state index is 8.36. The van der Waals surface area contributed by atoms with Crippen LogP contribution in [0.1, 0.15) is 52.9 Å². The zero-order chi connectivity index (χ0) is 12.2. The second-order valence-electron chi connectivity index (χ2n) is 3.96. The average molecular weight is 217 g/mol. The van der Waals surface area contributed by atoms with E-state index in [0.29, 0.717) is 0 Å². The zero-order valence-corrected chi connectivity index (χ0v) is 10.8. The number of unbranched alkanes of at least 4 members (excludes halogenated alkanes) is 2. The Labute approximate surface area is 100 Å².